The van der Waals surface area contributed by atoms with Crippen LogP contribution in [-0.2, 0) is 22.3 Å². The zero-order valence-corrected chi connectivity index (χ0v) is 12.2. The molecule has 0 spiro atoms. The first kappa shape index (κ1) is 14.0. The summed E-state index contributed by atoms with van der Waals surface area (Å²) in [6, 6.07) is 10.9. The van der Waals surface area contributed by atoms with Gasteiger partial charge in [0, 0.05) is 22.0 Å². The fourth-order valence-corrected chi connectivity index (χ4v) is 3.75. The standard InChI is InChI=1S/C13H16N2O2S2/c1-10-6-7-12(18-10)8-15-19(16,17)9-11-4-2-3-5-13(11)14/h2-7,15H,8-9,14H2,1H3. The van der Waals surface area contributed by atoms with Gasteiger partial charge in [-0.15, -0.1) is 11.3 Å². The Morgan fingerprint density at radius 1 is 1.21 bits per heavy atom. The number of benzene rings is 1. The Morgan fingerprint density at radius 2 is 1.95 bits per heavy atom. The summed E-state index contributed by atoms with van der Waals surface area (Å²) in [4.78, 5) is 2.17. The molecule has 19 heavy (non-hydrogen) atoms. The number of nitrogen functional groups attached to an aromatic ring is 1. The van der Waals surface area contributed by atoms with Crippen LogP contribution >= 0.6 is 11.3 Å². The maximum atomic E-state index is 12.0. The number of rotatable bonds is 5. The molecule has 0 atom stereocenters. The molecule has 0 aliphatic rings. The van der Waals surface area contributed by atoms with Crippen molar-refractivity contribution in [3.05, 3.63) is 51.7 Å². The number of hydrogen-bond donors (Lipinski definition) is 2. The van der Waals surface area contributed by atoms with Crippen molar-refractivity contribution in [3.8, 4) is 0 Å². The maximum Gasteiger partial charge on any atom is 0.216 e. The van der Waals surface area contributed by atoms with Crippen molar-refractivity contribution in [1.82, 2.24) is 4.72 Å². The Kier molecular flexibility index (Phi) is 4.24. The van der Waals surface area contributed by atoms with E-state index in [2.05, 4.69) is 4.72 Å². The third-order valence-electron chi connectivity index (χ3n) is 2.66. The molecule has 1 heterocycles. The van der Waals surface area contributed by atoms with Gasteiger partial charge in [-0.3, -0.25) is 0 Å². The van der Waals surface area contributed by atoms with Crippen LogP contribution in [0.25, 0.3) is 0 Å². The van der Waals surface area contributed by atoms with Crippen LogP contribution in [0.2, 0.25) is 0 Å². The summed E-state index contributed by atoms with van der Waals surface area (Å²) in [5.41, 5.74) is 6.87. The lowest BCUT2D eigenvalue weighted by atomic mass is 10.2. The van der Waals surface area contributed by atoms with Crippen molar-refractivity contribution in [3.63, 3.8) is 0 Å². The van der Waals surface area contributed by atoms with Gasteiger partial charge in [-0.2, -0.15) is 0 Å². The number of anilines is 1. The van der Waals surface area contributed by atoms with E-state index in [-0.39, 0.29) is 5.75 Å². The minimum Gasteiger partial charge on any atom is -0.398 e. The Bertz CT molecular complexity index is 663. The van der Waals surface area contributed by atoms with Gasteiger partial charge >= 0.3 is 0 Å². The van der Waals surface area contributed by atoms with Crippen LogP contribution in [0.1, 0.15) is 15.3 Å². The second-order valence-electron chi connectivity index (χ2n) is 4.29. The number of thiophene rings is 1. The highest BCUT2D eigenvalue weighted by Gasteiger charge is 2.13. The first-order chi connectivity index (χ1) is 8.96. The molecule has 6 heteroatoms. The van der Waals surface area contributed by atoms with Gasteiger partial charge in [-0.1, -0.05) is 18.2 Å². The molecule has 0 saturated heterocycles. The van der Waals surface area contributed by atoms with Crippen LogP contribution in [0.4, 0.5) is 5.69 Å². The topological polar surface area (TPSA) is 72.2 Å². The van der Waals surface area contributed by atoms with Crippen molar-refractivity contribution in [1.29, 1.82) is 0 Å². The molecule has 0 aliphatic carbocycles. The maximum absolute atomic E-state index is 12.0. The lowest BCUT2D eigenvalue weighted by molar-refractivity contribution is 0.581. The minimum absolute atomic E-state index is 0.0932. The van der Waals surface area contributed by atoms with Gasteiger partial charge in [0.25, 0.3) is 0 Å². The third-order valence-corrected chi connectivity index (χ3v) is 4.94. The summed E-state index contributed by atoms with van der Waals surface area (Å²) in [6.07, 6.45) is 0. The number of para-hydroxylation sites is 1. The van der Waals surface area contributed by atoms with Crippen LogP contribution in [0.5, 0.6) is 0 Å². The van der Waals surface area contributed by atoms with Crippen LogP contribution in [0, 0.1) is 6.92 Å². The van der Waals surface area contributed by atoms with E-state index in [4.69, 9.17) is 5.73 Å². The zero-order chi connectivity index (χ0) is 13.9. The van der Waals surface area contributed by atoms with Gasteiger partial charge in [0.15, 0.2) is 0 Å². The van der Waals surface area contributed by atoms with E-state index in [1.165, 1.54) is 4.88 Å². The van der Waals surface area contributed by atoms with E-state index < -0.39 is 10.0 Å². The van der Waals surface area contributed by atoms with E-state index in [1.807, 2.05) is 19.1 Å². The van der Waals surface area contributed by atoms with Crippen molar-refractivity contribution >= 4 is 27.0 Å². The number of aryl methyl sites for hydroxylation is 1. The van der Waals surface area contributed by atoms with Gasteiger partial charge in [0.1, 0.15) is 0 Å². The lowest BCUT2D eigenvalue weighted by Gasteiger charge is -2.07. The van der Waals surface area contributed by atoms with Crippen LogP contribution in [-0.4, -0.2) is 8.42 Å². The molecule has 0 aliphatic heterocycles. The second kappa shape index (κ2) is 5.73. The molecule has 0 fully saturated rings. The van der Waals surface area contributed by atoms with Gasteiger partial charge in [0.05, 0.1) is 5.75 Å². The minimum atomic E-state index is -3.37. The fourth-order valence-electron chi connectivity index (χ4n) is 1.68. The quantitative estimate of drug-likeness (QED) is 0.831. The monoisotopic (exact) mass is 296 g/mol. The normalized spacial score (nSPS) is 11.6. The molecule has 0 bridgehead atoms. The highest BCUT2D eigenvalue weighted by Crippen LogP contribution is 2.16. The van der Waals surface area contributed by atoms with E-state index in [1.54, 1.807) is 35.6 Å². The average molecular weight is 296 g/mol. The zero-order valence-electron chi connectivity index (χ0n) is 10.6. The SMILES string of the molecule is Cc1ccc(CNS(=O)(=O)Cc2ccccc2N)s1. The molecule has 1 aromatic carbocycles. The molecule has 2 aromatic rings. The van der Waals surface area contributed by atoms with E-state index in [0.29, 0.717) is 17.8 Å². The van der Waals surface area contributed by atoms with E-state index in [0.717, 1.165) is 4.88 Å². The molecule has 4 nitrogen and oxygen atoms in total. The van der Waals surface area contributed by atoms with Gasteiger partial charge in [0.2, 0.25) is 10.0 Å². The Balaban J connectivity index is 2.01. The number of sulfonamides is 1. The summed E-state index contributed by atoms with van der Waals surface area (Å²) >= 11 is 1.59. The molecule has 0 saturated carbocycles. The van der Waals surface area contributed by atoms with Crippen LogP contribution in [0.3, 0.4) is 0 Å². The molecule has 3 N–H and O–H groups in total. The summed E-state index contributed by atoms with van der Waals surface area (Å²) in [7, 11) is -3.37. The second-order valence-corrected chi connectivity index (χ2v) is 7.47. The molecule has 1 aromatic heterocycles. The molecule has 0 radical (unpaired) electrons. The molecule has 0 unspecified atom stereocenters. The Morgan fingerprint density at radius 3 is 2.58 bits per heavy atom. The fraction of sp³-hybridized carbons (Fsp3) is 0.231. The van der Waals surface area contributed by atoms with Crippen molar-refractivity contribution in [2.75, 3.05) is 5.73 Å². The molecular formula is C13H16N2O2S2. The first-order valence-electron chi connectivity index (χ1n) is 5.82. The van der Waals surface area contributed by atoms with Gasteiger partial charge in [-0.05, 0) is 30.7 Å². The van der Waals surface area contributed by atoms with Crippen molar-refractivity contribution in [2.24, 2.45) is 0 Å². The average Bonchev–Trinajstić information content (AvgIpc) is 2.76. The summed E-state index contributed by atoms with van der Waals surface area (Å²) in [5, 5.41) is 0. The Hall–Kier alpha value is -1.37. The van der Waals surface area contributed by atoms with E-state index >= 15 is 0 Å². The Labute approximate surface area is 117 Å². The van der Waals surface area contributed by atoms with Crippen molar-refractivity contribution < 1.29 is 8.42 Å². The largest absolute Gasteiger partial charge is 0.398 e. The highest BCUT2D eigenvalue weighted by molar-refractivity contribution is 7.88. The van der Waals surface area contributed by atoms with Crippen LogP contribution in [0.15, 0.2) is 36.4 Å². The number of hydrogen-bond acceptors (Lipinski definition) is 4. The lowest BCUT2D eigenvalue weighted by Crippen LogP contribution is -2.24. The van der Waals surface area contributed by atoms with Gasteiger partial charge in [-0.25, -0.2) is 13.1 Å². The number of nitrogens with two attached hydrogens (primary N) is 1. The molecule has 2 rings (SSSR count). The first-order valence-corrected chi connectivity index (χ1v) is 8.29. The molecule has 102 valence electrons. The predicted molar refractivity (Wildman–Crippen MR) is 79.4 cm³/mol. The molecular weight excluding hydrogens is 280 g/mol. The van der Waals surface area contributed by atoms with E-state index in [9.17, 15) is 8.42 Å². The van der Waals surface area contributed by atoms with Gasteiger partial charge < -0.3 is 5.73 Å². The summed E-state index contributed by atoms with van der Waals surface area (Å²) in [6.45, 7) is 2.32. The van der Waals surface area contributed by atoms with Crippen molar-refractivity contribution in [2.45, 2.75) is 19.2 Å². The number of nitrogens with one attached hydrogen (secondary N) is 1. The predicted octanol–water partition coefficient (Wildman–Crippen LogP) is 2.26. The highest BCUT2D eigenvalue weighted by atomic mass is 32.2. The smallest absolute Gasteiger partial charge is 0.216 e. The molecule has 0 amide bonds. The summed E-state index contributed by atoms with van der Waals surface area (Å²) < 4.78 is 26.5. The summed E-state index contributed by atoms with van der Waals surface area (Å²) in [5.74, 6) is -0.0932. The third kappa shape index (κ3) is 4.05. The van der Waals surface area contributed by atoms with Crippen LogP contribution < -0.4 is 10.5 Å².